The zero-order valence-electron chi connectivity index (χ0n) is 18.1. The molecule has 1 fully saturated rings. The number of carbonyl (C=O) groups is 1. The minimum Gasteiger partial charge on any atom is -0.378 e. The van der Waals surface area contributed by atoms with Gasteiger partial charge in [-0.15, -0.1) is 0 Å². The average molecular weight is 525 g/mol. The molecule has 0 radical (unpaired) electrons. The summed E-state index contributed by atoms with van der Waals surface area (Å²) in [6.07, 6.45) is -9.23. The van der Waals surface area contributed by atoms with Crippen molar-refractivity contribution in [2.45, 2.75) is 30.1 Å². The van der Waals surface area contributed by atoms with Crippen molar-refractivity contribution < 1.29 is 44.3 Å². The minimum atomic E-state index is -4.78. The van der Waals surface area contributed by atoms with Crippen molar-refractivity contribution in [3.05, 3.63) is 53.2 Å². The summed E-state index contributed by atoms with van der Waals surface area (Å²) in [7, 11) is -4.59. The van der Waals surface area contributed by atoms with Gasteiger partial charge in [0.05, 0.1) is 18.8 Å². The second-order valence-electron chi connectivity index (χ2n) is 7.78. The highest BCUT2D eigenvalue weighted by Gasteiger charge is 2.32. The van der Waals surface area contributed by atoms with Crippen LogP contribution in [0.4, 0.5) is 32.2 Å². The number of hydrogen-bond acceptors (Lipinski definition) is 6. The maximum atomic E-state index is 13.0. The molecule has 0 atom stereocenters. The Labute approximate surface area is 197 Å². The fraction of sp³-hybridized carbons (Fsp3) is 0.429. The molecule has 0 bridgehead atoms. The van der Waals surface area contributed by atoms with Crippen molar-refractivity contribution >= 4 is 21.6 Å². The third kappa shape index (κ3) is 7.64. The monoisotopic (exact) mass is 525 g/mol. The fourth-order valence-corrected chi connectivity index (χ4v) is 4.45. The highest BCUT2D eigenvalue weighted by atomic mass is 32.2. The molecule has 192 valence electrons. The quantitative estimate of drug-likeness (QED) is 0.533. The van der Waals surface area contributed by atoms with E-state index in [1.165, 1.54) is 16.9 Å². The van der Waals surface area contributed by atoms with Crippen molar-refractivity contribution in [2.24, 2.45) is 0 Å². The molecule has 35 heavy (non-hydrogen) atoms. The zero-order chi connectivity index (χ0) is 25.9. The van der Waals surface area contributed by atoms with Crippen molar-refractivity contribution in [3.63, 3.8) is 0 Å². The van der Waals surface area contributed by atoms with Crippen molar-refractivity contribution in [2.75, 3.05) is 37.7 Å². The van der Waals surface area contributed by atoms with E-state index in [9.17, 15) is 39.6 Å². The number of aromatic nitrogens is 1. The molecule has 1 aromatic carbocycles. The molecule has 1 aliphatic heterocycles. The van der Waals surface area contributed by atoms with Gasteiger partial charge in [0.25, 0.3) is 0 Å². The van der Waals surface area contributed by atoms with Gasteiger partial charge < -0.3 is 9.64 Å². The molecule has 0 saturated carbocycles. The third-order valence-corrected chi connectivity index (χ3v) is 6.41. The average Bonchev–Trinajstić information content (AvgIpc) is 2.77. The van der Waals surface area contributed by atoms with E-state index in [1.807, 2.05) is 0 Å². The van der Waals surface area contributed by atoms with E-state index in [0.29, 0.717) is 26.3 Å². The van der Waals surface area contributed by atoms with Crippen molar-refractivity contribution in [1.82, 2.24) is 9.71 Å². The topological polar surface area (TPSA) is 88.6 Å². The predicted molar refractivity (Wildman–Crippen MR) is 112 cm³/mol. The number of ether oxygens (including phenoxy) is 1. The molecular weight excluding hydrogens is 504 g/mol. The molecule has 0 spiro atoms. The lowest BCUT2D eigenvalue weighted by molar-refractivity contribution is -0.137. The number of anilines is 1. The molecule has 14 heteroatoms. The third-order valence-electron chi connectivity index (χ3n) is 5.04. The number of alkyl halides is 6. The lowest BCUT2D eigenvalue weighted by Crippen LogP contribution is -2.38. The number of morpholine rings is 1. The number of nitrogens with one attached hydrogen (secondary N) is 1. The number of nitrogens with zero attached hydrogens (tertiary/aromatic N) is 2. The first-order valence-electron chi connectivity index (χ1n) is 10.3. The summed E-state index contributed by atoms with van der Waals surface area (Å²) in [5, 5.41) is 0. The van der Waals surface area contributed by atoms with E-state index in [-0.39, 0.29) is 23.4 Å². The van der Waals surface area contributed by atoms with Crippen LogP contribution in [0.15, 0.2) is 41.4 Å². The number of carbonyl (C=O) groups excluding carboxylic acids is 1. The molecule has 7 nitrogen and oxygen atoms in total. The zero-order valence-corrected chi connectivity index (χ0v) is 18.9. The van der Waals surface area contributed by atoms with E-state index in [1.54, 1.807) is 4.90 Å². The number of pyridine rings is 1. The molecule has 0 aliphatic carbocycles. The van der Waals surface area contributed by atoms with Gasteiger partial charge in [0, 0.05) is 37.7 Å². The van der Waals surface area contributed by atoms with Gasteiger partial charge in [0.2, 0.25) is 10.0 Å². The first-order valence-corrected chi connectivity index (χ1v) is 11.8. The van der Waals surface area contributed by atoms with Crippen LogP contribution in [-0.4, -0.2) is 58.2 Å². The van der Waals surface area contributed by atoms with Crippen molar-refractivity contribution in [3.8, 4) is 0 Å². The molecule has 2 heterocycles. The summed E-state index contributed by atoms with van der Waals surface area (Å²) in [5.41, 5.74) is -0.678. The van der Waals surface area contributed by atoms with E-state index >= 15 is 0 Å². The van der Waals surface area contributed by atoms with Crippen LogP contribution >= 0.6 is 0 Å². The summed E-state index contributed by atoms with van der Waals surface area (Å²) in [6.45, 7) is -0.357. The van der Waals surface area contributed by atoms with Gasteiger partial charge in [-0.05, 0) is 17.7 Å². The first kappa shape index (κ1) is 26.9. The number of Topliss-reactive ketones (excluding diaryl/α,β-unsaturated/α-hetero) is 1. The number of hydrogen-bond donors (Lipinski definition) is 1. The van der Waals surface area contributed by atoms with Gasteiger partial charge in [0.15, 0.2) is 0 Å². The molecule has 0 unspecified atom stereocenters. The van der Waals surface area contributed by atoms with Crippen LogP contribution in [0.2, 0.25) is 0 Å². The Morgan fingerprint density at radius 2 is 1.74 bits per heavy atom. The Morgan fingerprint density at radius 1 is 1.06 bits per heavy atom. The van der Waals surface area contributed by atoms with Gasteiger partial charge in [-0.3, -0.25) is 4.79 Å². The number of halogens is 6. The highest BCUT2D eigenvalue weighted by Crippen LogP contribution is 2.30. The van der Waals surface area contributed by atoms with E-state index in [4.69, 9.17) is 4.74 Å². The second kappa shape index (κ2) is 10.5. The summed E-state index contributed by atoms with van der Waals surface area (Å²) < 4.78 is 108. The van der Waals surface area contributed by atoms with Gasteiger partial charge in [0.1, 0.15) is 23.0 Å². The van der Waals surface area contributed by atoms with E-state index in [0.717, 1.165) is 24.4 Å². The first-order chi connectivity index (χ1) is 16.2. The lowest BCUT2D eigenvalue weighted by Gasteiger charge is -2.29. The van der Waals surface area contributed by atoms with E-state index in [2.05, 4.69) is 4.98 Å². The largest absolute Gasteiger partial charge is 0.416 e. The molecule has 0 amide bonds. The number of ketones is 1. The number of rotatable bonds is 8. The summed E-state index contributed by atoms with van der Waals surface area (Å²) >= 11 is 0. The highest BCUT2D eigenvalue weighted by molar-refractivity contribution is 7.89. The normalized spacial score (nSPS) is 15.3. The maximum absolute atomic E-state index is 13.0. The summed E-state index contributed by atoms with van der Waals surface area (Å²) in [5.74, 6) is -0.279. The SMILES string of the molecule is O=C(Cc1cccc(C(F)(F)F)c1)Cc1cc(S(=O)(=O)NCC(F)(F)F)cnc1N1CCOCC1. The summed E-state index contributed by atoms with van der Waals surface area (Å²) in [4.78, 5) is 18.0. The van der Waals surface area contributed by atoms with Crippen LogP contribution in [0, 0.1) is 0 Å². The molecule has 1 N–H and O–H groups in total. The molecule has 1 aromatic heterocycles. The van der Waals surface area contributed by atoms with Gasteiger partial charge in [-0.25, -0.2) is 18.1 Å². The second-order valence-corrected chi connectivity index (χ2v) is 9.55. The standard InChI is InChI=1S/C21H21F6N3O4S/c22-20(23,24)13-29-35(32,33)18-11-15(19(28-12-18)30-4-6-34-7-5-30)10-17(31)9-14-2-1-3-16(8-14)21(25,26)27/h1-3,8,11-12,29H,4-7,9-10,13H2. The van der Waals surface area contributed by atoms with Crippen LogP contribution in [0.5, 0.6) is 0 Å². The minimum absolute atomic E-state index is 0.112. The molecule has 3 rings (SSSR count). The summed E-state index contributed by atoms with van der Waals surface area (Å²) in [6, 6.07) is 5.31. The van der Waals surface area contributed by atoms with Crippen LogP contribution in [-0.2, 0) is 38.6 Å². The lowest BCUT2D eigenvalue weighted by atomic mass is 10.0. The molecule has 1 aliphatic rings. The van der Waals surface area contributed by atoms with Gasteiger partial charge in [-0.2, -0.15) is 26.3 Å². The molecular formula is C21H21F6N3O4S. The van der Waals surface area contributed by atoms with Crippen molar-refractivity contribution in [1.29, 1.82) is 0 Å². The Morgan fingerprint density at radius 3 is 2.37 bits per heavy atom. The Kier molecular flexibility index (Phi) is 8.07. The Bertz CT molecular complexity index is 1160. The number of sulfonamides is 1. The Hall–Kier alpha value is -2.71. The van der Waals surface area contributed by atoms with Gasteiger partial charge in [-0.1, -0.05) is 18.2 Å². The Balaban J connectivity index is 1.87. The fourth-order valence-electron chi connectivity index (χ4n) is 3.44. The van der Waals surface area contributed by atoms with E-state index < -0.39 is 51.6 Å². The van der Waals surface area contributed by atoms with Crippen LogP contribution in [0.3, 0.4) is 0 Å². The molecule has 2 aromatic rings. The van der Waals surface area contributed by atoms with Crippen LogP contribution < -0.4 is 9.62 Å². The number of benzene rings is 1. The predicted octanol–water partition coefficient (Wildman–Crippen LogP) is 3.13. The van der Waals surface area contributed by atoms with Crippen LogP contribution in [0.1, 0.15) is 16.7 Å². The maximum Gasteiger partial charge on any atom is 0.416 e. The van der Waals surface area contributed by atoms with Gasteiger partial charge >= 0.3 is 12.4 Å². The molecule has 1 saturated heterocycles. The smallest absolute Gasteiger partial charge is 0.378 e. The van der Waals surface area contributed by atoms with Crippen LogP contribution in [0.25, 0.3) is 0 Å².